The maximum atomic E-state index is 12.5. The van der Waals surface area contributed by atoms with Gasteiger partial charge in [0, 0.05) is 19.3 Å². The molecule has 1 aliphatic heterocycles. The standard InChI is InChI=1S/C18H19Cl2N3O/c1-12-5-7-23(8-6-12)14-9-13(10-21-11-14)18(24)22-17-15(19)3-2-4-16(17)20/h2-4,9-12H,5-8H2,1H3,(H,22,24). The topological polar surface area (TPSA) is 45.2 Å². The smallest absolute Gasteiger partial charge is 0.257 e. The number of aromatic nitrogens is 1. The van der Waals surface area contributed by atoms with Crippen LogP contribution in [-0.4, -0.2) is 24.0 Å². The van der Waals surface area contributed by atoms with Gasteiger partial charge < -0.3 is 10.2 Å². The van der Waals surface area contributed by atoms with E-state index in [0.717, 1.165) is 37.5 Å². The van der Waals surface area contributed by atoms with E-state index < -0.39 is 0 Å². The number of halogens is 2. The van der Waals surface area contributed by atoms with Crippen molar-refractivity contribution in [3.63, 3.8) is 0 Å². The molecule has 2 heterocycles. The molecule has 2 aromatic rings. The summed E-state index contributed by atoms with van der Waals surface area (Å²) >= 11 is 12.2. The van der Waals surface area contributed by atoms with Crippen molar-refractivity contribution in [3.05, 3.63) is 52.3 Å². The lowest BCUT2D eigenvalue weighted by atomic mass is 9.99. The van der Waals surface area contributed by atoms with E-state index in [2.05, 4.69) is 22.1 Å². The second kappa shape index (κ2) is 7.41. The normalized spacial score (nSPS) is 15.4. The van der Waals surface area contributed by atoms with E-state index >= 15 is 0 Å². The minimum absolute atomic E-state index is 0.273. The molecular weight excluding hydrogens is 345 g/mol. The lowest BCUT2D eigenvalue weighted by molar-refractivity contribution is 0.102. The average molecular weight is 364 g/mol. The zero-order valence-corrected chi connectivity index (χ0v) is 14.9. The summed E-state index contributed by atoms with van der Waals surface area (Å²) in [4.78, 5) is 19.0. The molecule has 1 fully saturated rings. The minimum Gasteiger partial charge on any atom is -0.370 e. The predicted octanol–water partition coefficient (Wildman–Crippen LogP) is 4.88. The predicted molar refractivity (Wildman–Crippen MR) is 99.3 cm³/mol. The molecular formula is C18H19Cl2N3O. The highest BCUT2D eigenvalue weighted by atomic mass is 35.5. The molecule has 3 rings (SSSR count). The van der Waals surface area contributed by atoms with Crippen LogP contribution in [0.5, 0.6) is 0 Å². The molecule has 4 nitrogen and oxygen atoms in total. The van der Waals surface area contributed by atoms with Gasteiger partial charge in [0.15, 0.2) is 0 Å². The van der Waals surface area contributed by atoms with Crippen molar-refractivity contribution >= 4 is 40.5 Å². The summed E-state index contributed by atoms with van der Waals surface area (Å²) in [5, 5.41) is 3.59. The third-order valence-corrected chi connectivity index (χ3v) is 4.97. The Hall–Kier alpha value is -1.78. The van der Waals surface area contributed by atoms with Crippen molar-refractivity contribution in [1.82, 2.24) is 4.98 Å². The number of pyridine rings is 1. The van der Waals surface area contributed by atoms with Gasteiger partial charge in [0.05, 0.1) is 33.2 Å². The Morgan fingerprint density at radius 2 is 1.88 bits per heavy atom. The molecule has 1 amide bonds. The number of amides is 1. The molecule has 0 aliphatic carbocycles. The minimum atomic E-state index is -0.273. The van der Waals surface area contributed by atoms with Crippen molar-refractivity contribution in [2.75, 3.05) is 23.3 Å². The van der Waals surface area contributed by atoms with E-state index in [-0.39, 0.29) is 5.91 Å². The van der Waals surface area contributed by atoms with Gasteiger partial charge in [-0.1, -0.05) is 36.2 Å². The summed E-state index contributed by atoms with van der Waals surface area (Å²) in [6, 6.07) is 6.97. The van der Waals surface area contributed by atoms with Gasteiger partial charge in [0.1, 0.15) is 0 Å². The molecule has 1 aromatic carbocycles. The van der Waals surface area contributed by atoms with Crippen molar-refractivity contribution < 1.29 is 4.79 Å². The molecule has 1 aliphatic rings. The van der Waals surface area contributed by atoms with Crippen LogP contribution in [-0.2, 0) is 0 Å². The summed E-state index contributed by atoms with van der Waals surface area (Å²) < 4.78 is 0. The molecule has 0 radical (unpaired) electrons. The molecule has 0 bridgehead atoms. The van der Waals surface area contributed by atoms with Gasteiger partial charge in [-0.25, -0.2) is 0 Å². The van der Waals surface area contributed by atoms with Crippen LogP contribution in [0.15, 0.2) is 36.7 Å². The maximum absolute atomic E-state index is 12.5. The molecule has 1 N–H and O–H groups in total. The largest absolute Gasteiger partial charge is 0.370 e. The Kier molecular flexibility index (Phi) is 5.27. The van der Waals surface area contributed by atoms with Crippen LogP contribution in [0.4, 0.5) is 11.4 Å². The molecule has 24 heavy (non-hydrogen) atoms. The number of nitrogens with one attached hydrogen (secondary N) is 1. The highest BCUT2D eigenvalue weighted by Crippen LogP contribution is 2.30. The van der Waals surface area contributed by atoms with Gasteiger partial charge in [-0.15, -0.1) is 0 Å². The number of nitrogens with zero attached hydrogens (tertiary/aromatic N) is 2. The Morgan fingerprint density at radius 1 is 1.21 bits per heavy atom. The number of rotatable bonds is 3. The van der Waals surface area contributed by atoms with Crippen molar-refractivity contribution in [2.45, 2.75) is 19.8 Å². The summed E-state index contributed by atoms with van der Waals surface area (Å²) in [5.74, 6) is 0.479. The average Bonchev–Trinajstić information content (AvgIpc) is 2.59. The van der Waals surface area contributed by atoms with E-state index in [1.165, 1.54) is 0 Å². The summed E-state index contributed by atoms with van der Waals surface area (Å²) in [5.41, 5.74) is 1.88. The van der Waals surface area contributed by atoms with Crippen LogP contribution in [0.2, 0.25) is 10.0 Å². The molecule has 0 spiro atoms. The molecule has 0 unspecified atom stereocenters. The van der Waals surface area contributed by atoms with Gasteiger partial charge in [-0.2, -0.15) is 0 Å². The molecule has 0 atom stereocenters. The highest BCUT2D eigenvalue weighted by molar-refractivity contribution is 6.40. The number of carbonyl (C=O) groups is 1. The first kappa shape index (κ1) is 17.1. The van der Waals surface area contributed by atoms with Crippen LogP contribution in [0.3, 0.4) is 0 Å². The Labute approximate surface area is 151 Å². The fourth-order valence-electron chi connectivity index (χ4n) is 2.79. The van der Waals surface area contributed by atoms with E-state index in [1.807, 2.05) is 6.07 Å². The summed E-state index contributed by atoms with van der Waals surface area (Å²) in [7, 11) is 0. The lowest BCUT2D eigenvalue weighted by Crippen LogP contribution is -2.33. The number of anilines is 2. The number of para-hydroxylation sites is 1. The van der Waals surface area contributed by atoms with Crippen molar-refractivity contribution in [3.8, 4) is 0 Å². The highest BCUT2D eigenvalue weighted by Gasteiger charge is 2.18. The van der Waals surface area contributed by atoms with E-state index in [1.54, 1.807) is 30.6 Å². The second-order valence-electron chi connectivity index (χ2n) is 6.15. The van der Waals surface area contributed by atoms with E-state index in [0.29, 0.717) is 21.3 Å². The summed E-state index contributed by atoms with van der Waals surface area (Å²) in [6.45, 7) is 4.25. The first-order valence-electron chi connectivity index (χ1n) is 8.00. The van der Waals surface area contributed by atoms with Gasteiger partial charge in [0.2, 0.25) is 0 Å². The van der Waals surface area contributed by atoms with Crippen LogP contribution < -0.4 is 10.2 Å². The number of carbonyl (C=O) groups excluding carboxylic acids is 1. The third-order valence-electron chi connectivity index (χ3n) is 4.34. The zero-order valence-electron chi connectivity index (χ0n) is 13.4. The lowest BCUT2D eigenvalue weighted by Gasteiger charge is -2.32. The fraction of sp³-hybridized carbons (Fsp3) is 0.333. The quantitative estimate of drug-likeness (QED) is 0.845. The number of benzene rings is 1. The van der Waals surface area contributed by atoms with Gasteiger partial charge in [-0.05, 0) is 37.0 Å². The molecule has 0 saturated carbocycles. The number of hydrogen-bond donors (Lipinski definition) is 1. The molecule has 6 heteroatoms. The molecule has 1 aromatic heterocycles. The Bertz CT molecular complexity index is 723. The Morgan fingerprint density at radius 3 is 2.54 bits per heavy atom. The molecule has 126 valence electrons. The third kappa shape index (κ3) is 3.82. The van der Waals surface area contributed by atoms with Gasteiger partial charge in [-0.3, -0.25) is 9.78 Å². The second-order valence-corrected chi connectivity index (χ2v) is 6.97. The maximum Gasteiger partial charge on any atom is 0.257 e. The van der Waals surface area contributed by atoms with Crippen molar-refractivity contribution in [2.24, 2.45) is 5.92 Å². The molecule has 1 saturated heterocycles. The van der Waals surface area contributed by atoms with Gasteiger partial charge >= 0.3 is 0 Å². The van der Waals surface area contributed by atoms with Crippen LogP contribution in [0.1, 0.15) is 30.1 Å². The van der Waals surface area contributed by atoms with Crippen LogP contribution in [0.25, 0.3) is 0 Å². The first-order valence-corrected chi connectivity index (χ1v) is 8.75. The van der Waals surface area contributed by atoms with Gasteiger partial charge in [0.25, 0.3) is 5.91 Å². The van der Waals surface area contributed by atoms with E-state index in [4.69, 9.17) is 23.2 Å². The number of piperidine rings is 1. The summed E-state index contributed by atoms with van der Waals surface area (Å²) in [6.07, 6.45) is 5.67. The van der Waals surface area contributed by atoms with Crippen LogP contribution in [0, 0.1) is 5.92 Å². The fourth-order valence-corrected chi connectivity index (χ4v) is 3.29. The SMILES string of the molecule is CC1CCN(c2cncc(C(=O)Nc3c(Cl)cccc3Cl)c2)CC1. The van der Waals surface area contributed by atoms with Crippen molar-refractivity contribution in [1.29, 1.82) is 0 Å². The zero-order chi connectivity index (χ0) is 17.1. The Balaban J connectivity index is 1.77. The van der Waals surface area contributed by atoms with Crippen LogP contribution >= 0.6 is 23.2 Å². The first-order chi connectivity index (χ1) is 11.5. The number of hydrogen-bond acceptors (Lipinski definition) is 3. The van der Waals surface area contributed by atoms with E-state index in [9.17, 15) is 4.79 Å². The monoisotopic (exact) mass is 363 g/mol.